The summed E-state index contributed by atoms with van der Waals surface area (Å²) in [7, 11) is 0. The normalized spacial score (nSPS) is 31.9. The van der Waals surface area contributed by atoms with Crippen molar-refractivity contribution in [3.05, 3.63) is 29.3 Å². The lowest BCUT2D eigenvalue weighted by molar-refractivity contribution is -0.123. The summed E-state index contributed by atoms with van der Waals surface area (Å²) in [5, 5.41) is 14.1. The number of piperidine rings is 1. The van der Waals surface area contributed by atoms with Crippen LogP contribution in [0.1, 0.15) is 37.3 Å². The van der Waals surface area contributed by atoms with E-state index in [1.807, 2.05) is 0 Å². The summed E-state index contributed by atoms with van der Waals surface area (Å²) in [6.07, 6.45) is 4.41. The van der Waals surface area contributed by atoms with Crippen LogP contribution < -0.4 is 21.3 Å². The Morgan fingerprint density at radius 2 is 2.15 bits per heavy atom. The Morgan fingerprint density at radius 1 is 1.27 bits per heavy atom. The largest absolute Gasteiger partial charge is 0.373 e. The fourth-order valence-electron chi connectivity index (χ4n) is 5.01. The highest BCUT2D eigenvalue weighted by molar-refractivity contribution is 5.88. The van der Waals surface area contributed by atoms with Crippen molar-refractivity contribution in [2.45, 2.75) is 57.7 Å². The summed E-state index contributed by atoms with van der Waals surface area (Å²) in [6, 6.07) is 6.75. The van der Waals surface area contributed by atoms with Crippen LogP contribution in [0.2, 0.25) is 0 Å². The van der Waals surface area contributed by atoms with E-state index in [-0.39, 0.29) is 18.0 Å². The molecule has 0 saturated carbocycles. The highest BCUT2D eigenvalue weighted by Gasteiger charge is 2.38. The molecule has 4 N–H and O–H groups in total. The van der Waals surface area contributed by atoms with E-state index < -0.39 is 0 Å². The van der Waals surface area contributed by atoms with Crippen molar-refractivity contribution in [1.29, 1.82) is 0 Å². The first-order chi connectivity index (χ1) is 12.6. The number of para-hydroxylation sites is 1. The summed E-state index contributed by atoms with van der Waals surface area (Å²) < 4.78 is 0. The molecule has 4 rings (SSSR count). The number of aryl methyl sites for hydroxylation is 1. The molecule has 0 aliphatic carbocycles. The van der Waals surface area contributed by atoms with Crippen molar-refractivity contribution in [2.24, 2.45) is 11.8 Å². The number of hydrogen-bond acceptors (Lipinski definition) is 4. The van der Waals surface area contributed by atoms with Gasteiger partial charge in [0.25, 0.3) is 0 Å². The molecular formula is C21H32N4O. The van der Waals surface area contributed by atoms with Crippen LogP contribution in [0.4, 0.5) is 5.69 Å². The molecule has 3 heterocycles. The Kier molecular flexibility index (Phi) is 5.18. The summed E-state index contributed by atoms with van der Waals surface area (Å²) in [5.74, 6) is 1.27. The van der Waals surface area contributed by atoms with Gasteiger partial charge in [-0.2, -0.15) is 0 Å². The second kappa shape index (κ2) is 7.57. The minimum absolute atomic E-state index is 0.150. The van der Waals surface area contributed by atoms with Gasteiger partial charge in [0.15, 0.2) is 0 Å². The Hall–Kier alpha value is -1.59. The Morgan fingerprint density at radius 3 is 2.88 bits per heavy atom. The second-order valence-corrected chi connectivity index (χ2v) is 8.40. The number of anilines is 1. The monoisotopic (exact) mass is 356 g/mol. The first-order valence-corrected chi connectivity index (χ1v) is 10.2. The molecule has 0 bridgehead atoms. The Bertz CT molecular complexity index is 655. The number of hydrogen-bond donors (Lipinski definition) is 4. The van der Waals surface area contributed by atoms with Crippen LogP contribution in [-0.2, 0) is 11.2 Å². The summed E-state index contributed by atoms with van der Waals surface area (Å²) in [5.41, 5.74) is 3.63. The van der Waals surface area contributed by atoms with Gasteiger partial charge in [-0.25, -0.2) is 0 Å². The van der Waals surface area contributed by atoms with Crippen molar-refractivity contribution in [3.63, 3.8) is 0 Å². The van der Waals surface area contributed by atoms with E-state index in [0.29, 0.717) is 17.9 Å². The SMILES string of the molecule is Cc1cccc2c1NC(C(=O)NC(C1CCNC1)C1NCCCC1C)C2. The molecule has 5 heteroatoms. The molecule has 0 aromatic heterocycles. The lowest BCUT2D eigenvalue weighted by Gasteiger charge is -2.39. The van der Waals surface area contributed by atoms with Crippen molar-refractivity contribution < 1.29 is 4.79 Å². The van der Waals surface area contributed by atoms with Crippen molar-refractivity contribution >= 4 is 11.6 Å². The number of fused-ring (bicyclic) bond motifs is 1. The number of carbonyl (C=O) groups is 1. The van der Waals surface area contributed by atoms with E-state index in [2.05, 4.69) is 53.3 Å². The average Bonchev–Trinajstić information content (AvgIpc) is 3.31. The Labute approximate surface area is 156 Å². The predicted molar refractivity (Wildman–Crippen MR) is 105 cm³/mol. The number of benzene rings is 1. The minimum atomic E-state index is -0.151. The Balaban J connectivity index is 1.47. The zero-order valence-corrected chi connectivity index (χ0v) is 16.0. The highest BCUT2D eigenvalue weighted by Crippen LogP contribution is 2.30. The molecule has 1 amide bonds. The number of rotatable bonds is 4. The first kappa shape index (κ1) is 17.8. The molecular weight excluding hydrogens is 324 g/mol. The topological polar surface area (TPSA) is 65.2 Å². The van der Waals surface area contributed by atoms with Crippen LogP contribution in [0.25, 0.3) is 0 Å². The first-order valence-electron chi connectivity index (χ1n) is 10.2. The lowest BCUT2D eigenvalue weighted by atomic mass is 9.81. The fraction of sp³-hybridized carbons (Fsp3) is 0.667. The van der Waals surface area contributed by atoms with Gasteiger partial charge >= 0.3 is 0 Å². The molecule has 5 unspecified atom stereocenters. The van der Waals surface area contributed by atoms with Gasteiger partial charge in [0, 0.05) is 30.7 Å². The van der Waals surface area contributed by atoms with Gasteiger partial charge in [-0.15, -0.1) is 0 Å². The van der Waals surface area contributed by atoms with E-state index in [4.69, 9.17) is 0 Å². The highest BCUT2D eigenvalue weighted by atomic mass is 16.2. The molecule has 1 aromatic rings. The molecule has 5 atom stereocenters. The van der Waals surface area contributed by atoms with Gasteiger partial charge in [-0.3, -0.25) is 4.79 Å². The summed E-state index contributed by atoms with van der Waals surface area (Å²) in [6.45, 7) is 7.56. The quantitative estimate of drug-likeness (QED) is 0.664. The number of nitrogens with one attached hydrogen (secondary N) is 4. The average molecular weight is 357 g/mol. The molecule has 2 fully saturated rings. The van der Waals surface area contributed by atoms with E-state index in [0.717, 1.165) is 38.2 Å². The predicted octanol–water partition coefficient (Wildman–Crippen LogP) is 1.81. The maximum atomic E-state index is 13.1. The lowest BCUT2D eigenvalue weighted by Crippen LogP contribution is -2.60. The smallest absolute Gasteiger partial charge is 0.243 e. The molecule has 5 nitrogen and oxygen atoms in total. The van der Waals surface area contributed by atoms with Crippen LogP contribution >= 0.6 is 0 Å². The molecule has 2 saturated heterocycles. The van der Waals surface area contributed by atoms with Gasteiger partial charge in [-0.1, -0.05) is 25.1 Å². The van der Waals surface area contributed by atoms with E-state index in [1.165, 1.54) is 24.0 Å². The third-order valence-electron chi connectivity index (χ3n) is 6.55. The molecule has 0 spiro atoms. The molecule has 26 heavy (non-hydrogen) atoms. The number of amides is 1. The van der Waals surface area contributed by atoms with Crippen molar-refractivity contribution in [3.8, 4) is 0 Å². The summed E-state index contributed by atoms with van der Waals surface area (Å²) >= 11 is 0. The third kappa shape index (κ3) is 3.47. The van der Waals surface area contributed by atoms with Crippen LogP contribution in [-0.4, -0.2) is 43.7 Å². The zero-order chi connectivity index (χ0) is 18.1. The van der Waals surface area contributed by atoms with E-state index >= 15 is 0 Å². The molecule has 0 radical (unpaired) electrons. The summed E-state index contributed by atoms with van der Waals surface area (Å²) in [4.78, 5) is 13.1. The van der Waals surface area contributed by atoms with Gasteiger partial charge < -0.3 is 21.3 Å². The maximum absolute atomic E-state index is 13.1. The van der Waals surface area contributed by atoms with Crippen LogP contribution in [0.3, 0.4) is 0 Å². The fourth-order valence-corrected chi connectivity index (χ4v) is 5.01. The van der Waals surface area contributed by atoms with Crippen molar-refractivity contribution in [1.82, 2.24) is 16.0 Å². The van der Waals surface area contributed by atoms with Crippen LogP contribution in [0, 0.1) is 18.8 Å². The van der Waals surface area contributed by atoms with Gasteiger partial charge in [0.05, 0.1) is 0 Å². The van der Waals surface area contributed by atoms with Crippen LogP contribution in [0.5, 0.6) is 0 Å². The molecule has 3 aliphatic heterocycles. The van der Waals surface area contributed by atoms with Gasteiger partial charge in [-0.05, 0) is 62.2 Å². The van der Waals surface area contributed by atoms with E-state index in [9.17, 15) is 4.79 Å². The molecule has 1 aromatic carbocycles. The zero-order valence-electron chi connectivity index (χ0n) is 16.0. The van der Waals surface area contributed by atoms with E-state index in [1.54, 1.807) is 0 Å². The minimum Gasteiger partial charge on any atom is -0.373 e. The van der Waals surface area contributed by atoms with Gasteiger partial charge in [0.2, 0.25) is 5.91 Å². The number of carbonyl (C=O) groups excluding carboxylic acids is 1. The maximum Gasteiger partial charge on any atom is 0.243 e. The van der Waals surface area contributed by atoms with Gasteiger partial charge in [0.1, 0.15) is 6.04 Å². The van der Waals surface area contributed by atoms with Crippen molar-refractivity contribution in [2.75, 3.05) is 25.0 Å². The molecule has 142 valence electrons. The third-order valence-corrected chi connectivity index (χ3v) is 6.55. The second-order valence-electron chi connectivity index (χ2n) is 8.40. The van der Waals surface area contributed by atoms with Crippen LogP contribution in [0.15, 0.2) is 18.2 Å². The molecule has 3 aliphatic rings. The standard InChI is InChI=1S/C21H32N4O/c1-13-5-3-7-15-11-17(24-18(13)15)21(26)25-20(16-8-10-22-12-16)19-14(2)6-4-9-23-19/h3,5,7,14,16-17,19-20,22-24H,4,6,8-12H2,1-2H3,(H,25,26).